The molecule has 1 heterocycles. The number of hydrogen-bond acceptors (Lipinski definition) is 5. The normalized spacial score (nSPS) is 10.8. The maximum absolute atomic E-state index is 12.5. The van der Waals surface area contributed by atoms with Gasteiger partial charge in [-0.15, -0.1) is 0 Å². The lowest BCUT2D eigenvalue weighted by atomic mass is 10.1. The number of non-ortho nitro benzene ring substituents is 1. The smallest absolute Gasteiger partial charge is 0.275 e. The van der Waals surface area contributed by atoms with Crippen LogP contribution in [0.15, 0.2) is 30.3 Å². The van der Waals surface area contributed by atoms with Gasteiger partial charge in [-0.3, -0.25) is 19.6 Å². The van der Waals surface area contributed by atoms with E-state index in [-0.39, 0.29) is 29.5 Å². The minimum Gasteiger partial charge on any atom is -0.457 e. The average Bonchev–Trinajstić information content (AvgIpc) is 2.96. The summed E-state index contributed by atoms with van der Waals surface area (Å²) in [6, 6.07) is 8.13. The first kappa shape index (κ1) is 23.3. The van der Waals surface area contributed by atoms with Crippen molar-refractivity contribution in [3.8, 4) is 11.5 Å². The van der Waals surface area contributed by atoms with Crippen LogP contribution in [0.5, 0.6) is 11.5 Å². The molecule has 0 aliphatic heterocycles. The Morgan fingerprint density at radius 2 is 1.88 bits per heavy atom. The number of carbonyl (C=O) groups excluding carboxylic acids is 1. The Morgan fingerprint density at radius 3 is 2.50 bits per heavy atom. The number of nitro groups is 1. The molecular weight excluding hydrogens is 432 g/mol. The first-order chi connectivity index (χ1) is 15.0. The van der Waals surface area contributed by atoms with Crippen LogP contribution in [0.3, 0.4) is 0 Å². The van der Waals surface area contributed by atoms with Gasteiger partial charge < -0.3 is 10.1 Å². The summed E-state index contributed by atoms with van der Waals surface area (Å²) in [4.78, 5) is 23.4. The number of nitrogens with zero attached hydrogens (tertiary/aromatic N) is 3. The molecule has 1 N–H and O–H groups in total. The summed E-state index contributed by atoms with van der Waals surface area (Å²) >= 11 is 6.14. The topological polar surface area (TPSA) is 99.3 Å². The number of hydrogen-bond donors (Lipinski definition) is 1. The van der Waals surface area contributed by atoms with Gasteiger partial charge in [-0.05, 0) is 57.4 Å². The molecule has 0 fully saturated rings. The molecule has 1 aromatic heterocycles. The molecule has 3 rings (SSSR count). The van der Waals surface area contributed by atoms with Crippen LogP contribution in [0.25, 0.3) is 0 Å². The Hall–Kier alpha value is -3.39. The number of halogens is 1. The molecule has 8 nitrogen and oxygen atoms in total. The van der Waals surface area contributed by atoms with Crippen molar-refractivity contribution < 1.29 is 14.5 Å². The zero-order valence-electron chi connectivity index (χ0n) is 18.7. The molecule has 1 amide bonds. The zero-order chi connectivity index (χ0) is 23.6. The standard InChI is InChI=1S/C23H25ClN4O4/c1-13-8-14(2)15(3)21(9-13)32-20-11-18(10-19(12-20)28(30)31)25-22(29)6-7-27-17(5)23(24)16(4)26-27/h8-12H,6-7H2,1-5H3,(H,25,29). The van der Waals surface area contributed by atoms with E-state index in [0.29, 0.717) is 23.0 Å². The molecule has 2 aromatic carbocycles. The fourth-order valence-corrected chi connectivity index (χ4v) is 3.51. The molecule has 0 atom stereocenters. The van der Waals surface area contributed by atoms with Crippen molar-refractivity contribution in [1.82, 2.24) is 9.78 Å². The lowest BCUT2D eigenvalue weighted by Gasteiger charge is -2.13. The van der Waals surface area contributed by atoms with Crippen molar-refractivity contribution in [2.24, 2.45) is 0 Å². The SMILES string of the molecule is Cc1cc(C)c(C)c(Oc2cc(NC(=O)CCn3nc(C)c(Cl)c3C)cc([N+](=O)[O-])c2)c1. The lowest BCUT2D eigenvalue weighted by molar-refractivity contribution is -0.384. The molecule has 3 aromatic rings. The number of amides is 1. The maximum atomic E-state index is 12.5. The van der Waals surface area contributed by atoms with Crippen molar-refractivity contribution in [3.05, 3.63) is 73.5 Å². The predicted molar refractivity (Wildman–Crippen MR) is 124 cm³/mol. The molecule has 0 aliphatic carbocycles. The highest BCUT2D eigenvalue weighted by Crippen LogP contribution is 2.33. The van der Waals surface area contributed by atoms with Gasteiger partial charge in [0.25, 0.3) is 5.69 Å². The lowest BCUT2D eigenvalue weighted by Crippen LogP contribution is -2.15. The van der Waals surface area contributed by atoms with Crippen molar-refractivity contribution >= 4 is 28.9 Å². The number of nitro benzene ring substituents is 1. The zero-order valence-corrected chi connectivity index (χ0v) is 19.4. The van der Waals surface area contributed by atoms with E-state index < -0.39 is 4.92 Å². The van der Waals surface area contributed by atoms with Crippen molar-refractivity contribution in [2.75, 3.05) is 5.32 Å². The van der Waals surface area contributed by atoms with Crippen molar-refractivity contribution in [1.29, 1.82) is 0 Å². The van der Waals surface area contributed by atoms with Gasteiger partial charge in [-0.25, -0.2) is 0 Å². The monoisotopic (exact) mass is 456 g/mol. The summed E-state index contributed by atoms with van der Waals surface area (Å²) in [6.45, 7) is 9.83. The van der Waals surface area contributed by atoms with Gasteiger partial charge in [-0.2, -0.15) is 5.10 Å². The maximum Gasteiger partial charge on any atom is 0.275 e. The first-order valence-corrected chi connectivity index (χ1v) is 10.5. The third-order valence-corrected chi connectivity index (χ3v) is 5.77. The molecule has 0 bridgehead atoms. The number of aryl methyl sites for hydroxylation is 4. The second-order valence-electron chi connectivity index (χ2n) is 7.79. The molecular formula is C23H25ClN4O4. The third-order valence-electron chi connectivity index (χ3n) is 5.22. The molecule has 0 unspecified atom stereocenters. The fraction of sp³-hybridized carbons (Fsp3) is 0.304. The number of carbonyl (C=O) groups is 1. The molecule has 0 saturated carbocycles. The highest BCUT2D eigenvalue weighted by Gasteiger charge is 2.15. The summed E-state index contributed by atoms with van der Waals surface area (Å²) in [5.74, 6) is 0.581. The van der Waals surface area contributed by atoms with E-state index in [9.17, 15) is 14.9 Å². The van der Waals surface area contributed by atoms with Crippen LogP contribution in [0.4, 0.5) is 11.4 Å². The Bertz CT molecular complexity index is 1200. The van der Waals surface area contributed by atoms with Crippen molar-refractivity contribution in [3.63, 3.8) is 0 Å². The van der Waals surface area contributed by atoms with E-state index in [1.807, 2.05) is 39.8 Å². The number of anilines is 1. The molecule has 9 heteroatoms. The Morgan fingerprint density at radius 1 is 1.16 bits per heavy atom. The number of nitrogens with one attached hydrogen (secondary N) is 1. The van der Waals surface area contributed by atoms with Gasteiger partial charge >= 0.3 is 0 Å². The van der Waals surface area contributed by atoms with Crippen LogP contribution >= 0.6 is 11.6 Å². The van der Waals surface area contributed by atoms with Gasteiger partial charge in [0.2, 0.25) is 5.91 Å². The molecule has 0 radical (unpaired) electrons. The second kappa shape index (κ2) is 9.40. The summed E-state index contributed by atoms with van der Waals surface area (Å²) < 4.78 is 7.63. The highest BCUT2D eigenvalue weighted by molar-refractivity contribution is 6.31. The minimum absolute atomic E-state index is 0.132. The summed E-state index contributed by atoms with van der Waals surface area (Å²) in [5, 5.41) is 19.0. The fourth-order valence-electron chi connectivity index (χ4n) is 3.38. The largest absolute Gasteiger partial charge is 0.457 e. The predicted octanol–water partition coefficient (Wildman–Crippen LogP) is 5.81. The molecule has 0 aliphatic rings. The van der Waals surface area contributed by atoms with Crippen LogP contribution in [-0.4, -0.2) is 20.6 Å². The molecule has 0 spiro atoms. The van der Waals surface area contributed by atoms with Gasteiger partial charge in [0.15, 0.2) is 0 Å². The number of aromatic nitrogens is 2. The van der Waals surface area contributed by atoms with Gasteiger partial charge in [0, 0.05) is 18.6 Å². The summed E-state index contributed by atoms with van der Waals surface area (Å²) in [6.07, 6.45) is 0.132. The average molecular weight is 457 g/mol. The number of rotatable bonds is 7. The molecule has 0 saturated heterocycles. The Balaban J connectivity index is 1.79. The Kier molecular flexibility index (Phi) is 6.84. The van der Waals surface area contributed by atoms with Crippen LogP contribution in [0, 0.1) is 44.7 Å². The summed E-state index contributed by atoms with van der Waals surface area (Å²) in [5.41, 5.74) is 4.61. The van der Waals surface area contributed by atoms with E-state index in [2.05, 4.69) is 10.4 Å². The number of ether oxygens (including phenoxy) is 1. The van der Waals surface area contributed by atoms with Crippen molar-refractivity contribution in [2.45, 2.75) is 47.6 Å². The summed E-state index contributed by atoms with van der Waals surface area (Å²) in [7, 11) is 0. The van der Waals surface area contributed by atoms with Gasteiger partial charge in [0.1, 0.15) is 11.5 Å². The molecule has 168 valence electrons. The van der Waals surface area contributed by atoms with E-state index in [1.54, 1.807) is 17.7 Å². The minimum atomic E-state index is -0.519. The van der Waals surface area contributed by atoms with Crippen LogP contribution in [0.1, 0.15) is 34.5 Å². The van der Waals surface area contributed by atoms with E-state index in [4.69, 9.17) is 16.3 Å². The van der Waals surface area contributed by atoms with Crippen LogP contribution < -0.4 is 10.1 Å². The number of benzene rings is 2. The quantitative estimate of drug-likeness (QED) is 0.357. The van der Waals surface area contributed by atoms with E-state index in [1.165, 1.54) is 12.1 Å². The van der Waals surface area contributed by atoms with E-state index >= 15 is 0 Å². The molecule has 32 heavy (non-hydrogen) atoms. The van der Waals surface area contributed by atoms with E-state index in [0.717, 1.165) is 22.4 Å². The van der Waals surface area contributed by atoms with Gasteiger partial charge in [0.05, 0.1) is 39.6 Å². The first-order valence-electron chi connectivity index (χ1n) is 10.1. The second-order valence-corrected chi connectivity index (χ2v) is 8.16. The van der Waals surface area contributed by atoms with Gasteiger partial charge in [-0.1, -0.05) is 17.7 Å². The third kappa shape index (κ3) is 5.26. The highest BCUT2D eigenvalue weighted by atomic mass is 35.5. The Labute approximate surface area is 191 Å². The van der Waals surface area contributed by atoms with Crippen LogP contribution in [0.2, 0.25) is 5.02 Å². The van der Waals surface area contributed by atoms with Crippen LogP contribution in [-0.2, 0) is 11.3 Å².